The lowest BCUT2D eigenvalue weighted by atomic mass is 10.2. The molecular formula is C24H32ClN5O4S. The first-order valence-corrected chi connectivity index (χ1v) is 13.6. The van der Waals surface area contributed by atoms with Crippen LogP contribution in [0.25, 0.3) is 0 Å². The fourth-order valence-electron chi connectivity index (χ4n) is 3.69. The Morgan fingerprint density at radius 3 is 2.60 bits per heavy atom. The predicted molar refractivity (Wildman–Crippen MR) is 137 cm³/mol. The number of hydrogen-bond donors (Lipinski definition) is 1. The average molecular weight is 522 g/mol. The smallest absolute Gasteiger partial charge is 0.285 e. The van der Waals surface area contributed by atoms with Gasteiger partial charge in [-0.25, -0.2) is 13.1 Å². The average Bonchev–Trinajstić information content (AvgIpc) is 3.34. The highest BCUT2D eigenvalue weighted by Crippen LogP contribution is 2.26. The molecule has 0 atom stereocenters. The van der Waals surface area contributed by atoms with Gasteiger partial charge >= 0.3 is 0 Å². The van der Waals surface area contributed by atoms with E-state index in [1.165, 1.54) is 6.07 Å². The van der Waals surface area contributed by atoms with Crippen molar-refractivity contribution in [3.05, 3.63) is 58.8 Å². The fraction of sp³-hybridized carbons (Fsp3) is 0.458. The van der Waals surface area contributed by atoms with Crippen LogP contribution in [0.5, 0.6) is 5.75 Å². The van der Waals surface area contributed by atoms with Crippen LogP contribution in [0.3, 0.4) is 0 Å². The van der Waals surface area contributed by atoms with Gasteiger partial charge in [-0.2, -0.15) is 0 Å². The first-order chi connectivity index (χ1) is 16.7. The van der Waals surface area contributed by atoms with E-state index in [4.69, 9.17) is 16.3 Å². The Bertz CT molecular complexity index is 1140. The zero-order valence-corrected chi connectivity index (χ0v) is 21.7. The molecule has 35 heavy (non-hydrogen) atoms. The summed E-state index contributed by atoms with van der Waals surface area (Å²) in [5, 5.41) is 8.71. The van der Waals surface area contributed by atoms with E-state index in [-0.39, 0.29) is 11.4 Å². The number of rotatable bonds is 12. The van der Waals surface area contributed by atoms with Crippen molar-refractivity contribution in [3.8, 4) is 5.75 Å². The third-order valence-corrected chi connectivity index (χ3v) is 7.02. The van der Waals surface area contributed by atoms with Crippen molar-refractivity contribution in [1.82, 2.24) is 19.8 Å². The molecule has 1 aliphatic rings. The topological polar surface area (TPSA) is 105 Å². The van der Waals surface area contributed by atoms with Crippen molar-refractivity contribution < 1.29 is 17.9 Å². The second-order valence-corrected chi connectivity index (χ2v) is 10.9. The normalized spacial score (nSPS) is 14.0. The highest BCUT2D eigenvalue weighted by atomic mass is 35.5. The Morgan fingerprint density at radius 1 is 1.23 bits per heavy atom. The third-order valence-electron chi connectivity index (χ3n) is 5.57. The van der Waals surface area contributed by atoms with Gasteiger partial charge < -0.3 is 14.5 Å². The number of nitrogens with one attached hydrogen (secondary N) is 1. The minimum Gasteiger partial charge on any atom is -0.489 e. The van der Waals surface area contributed by atoms with Gasteiger partial charge in [-0.1, -0.05) is 18.2 Å². The molecule has 1 N–H and O–H groups in total. The molecule has 0 saturated carbocycles. The molecule has 0 spiro atoms. The highest BCUT2D eigenvalue weighted by molar-refractivity contribution is 7.90. The molecule has 1 fully saturated rings. The Morgan fingerprint density at radius 2 is 1.97 bits per heavy atom. The molecule has 1 aromatic heterocycles. The van der Waals surface area contributed by atoms with Gasteiger partial charge in [-0.3, -0.25) is 4.79 Å². The van der Waals surface area contributed by atoms with Gasteiger partial charge in [-0.15, -0.1) is 10.2 Å². The van der Waals surface area contributed by atoms with Gasteiger partial charge in [0.2, 0.25) is 10.0 Å². The van der Waals surface area contributed by atoms with Crippen LogP contribution in [0.4, 0.5) is 5.82 Å². The molecule has 1 saturated heterocycles. The van der Waals surface area contributed by atoms with E-state index in [0.717, 1.165) is 37.1 Å². The van der Waals surface area contributed by atoms with Crippen LogP contribution in [0.2, 0.25) is 5.02 Å². The number of benzene rings is 1. The van der Waals surface area contributed by atoms with Crippen molar-refractivity contribution in [2.45, 2.75) is 33.2 Å². The molecule has 2 heterocycles. The number of sulfonamides is 1. The van der Waals surface area contributed by atoms with Crippen molar-refractivity contribution >= 4 is 33.3 Å². The molecule has 0 aliphatic carbocycles. The zero-order valence-electron chi connectivity index (χ0n) is 20.2. The Labute approximate surface area is 212 Å². The van der Waals surface area contributed by atoms with E-state index in [2.05, 4.69) is 26.4 Å². The summed E-state index contributed by atoms with van der Waals surface area (Å²) < 4.78 is 32.6. The third kappa shape index (κ3) is 8.19. The summed E-state index contributed by atoms with van der Waals surface area (Å²) in [5.41, 5.74) is 1.70. The van der Waals surface area contributed by atoms with E-state index < -0.39 is 15.9 Å². The van der Waals surface area contributed by atoms with Crippen molar-refractivity contribution in [3.63, 3.8) is 0 Å². The van der Waals surface area contributed by atoms with Gasteiger partial charge in [0.05, 0.1) is 5.75 Å². The molecule has 11 heteroatoms. The summed E-state index contributed by atoms with van der Waals surface area (Å²) in [6.45, 7) is 11.4. The summed E-state index contributed by atoms with van der Waals surface area (Å²) in [4.78, 5) is 16.5. The summed E-state index contributed by atoms with van der Waals surface area (Å²) in [7, 11) is -3.76. The summed E-state index contributed by atoms with van der Waals surface area (Å²) >= 11 is 6.20. The van der Waals surface area contributed by atoms with Gasteiger partial charge in [0.1, 0.15) is 12.4 Å². The minimum absolute atomic E-state index is 0.0669. The summed E-state index contributed by atoms with van der Waals surface area (Å²) in [6, 6.07) is 8.52. The first kappa shape index (κ1) is 26.9. The number of halogens is 1. The van der Waals surface area contributed by atoms with Crippen LogP contribution < -0.4 is 14.4 Å². The van der Waals surface area contributed by atoms with Crippen LogP contribution >= 0.6 is 11.6 Å². The van der Waals surface area contributed by atoms with Crippen LogP contribution in [0.15, 0.2) is 42.5 Å². The van der Waals surface area contributed by atoms with Crippen LogP contribution in [0, 0.1) is 0 Å². The molecular weight excluding hydrogens is 490 g/mol. The molecule has 1 aliphatic heterocycles. The second-order valence-electron chi connectivity index (χ2n) is 8.59. The molecule has 1 aromatic carbocycles. The lowest BCUT2D eigenvalue weighted by molar-refractivity contribution is 0.0975. The Kier molecular flexibility index (Phi) is 9.47. The Balaban J connectivity index is 1.65. The van der Waals surface area contributed by atoms with Crippen molar-refractivity contribution in [1.29, 1.82) is 0 Å². The highest BCUT2D eigenvalue weighted by Gasteiger charge is 2.21. The minimum atomic E-state index is -3.76. The zero-order chi connectivity index (χ0) is 25.4. The number of anilines is 1. The largest absolute Gasteiger partial charge is 0.489 e. The van der Waals surface area contributed by atoms with E-state index in [1.807, 2.05) is 30.9 Å². The molecule has 0 bridgehead atoms. The maximum Gasteiger partial charge on any atom is 0.285 e. The standard InChI is InChI=1S/C24H32ClN5O4S/c1-4-30(16-19-15-20(25)7-9-22(19)34-17-18(2)3)23-10-8-21(26-27-23)24(31)28-35(32,33)14-13-29-11-5-6-12-29/h7-10,15H,2,4-6,11-14,16-17H2,1,3H3,(H,28,31). The maximum absolute atomic E-state index is 12.4. The SMILES string of the molecule is C=C(C)COc1ccc(Cl)cc1CN(CC)c1ccc(C(=O)NS(=O)(=O)CCN2CCCC2)nn1. The number of nitrogens with zero attached hydrogens (tertiary/aromatic N) is 4. The van der Waals surface area contributed by atoms with E-state index in [1.54, 1.807) is 12.1 Å². The van der Waals surface area contributed by atoms with E-state index in [9.17, 15) is 13.2 Å². The number of amides is 1. The molecule has 3 rings (SSSR count). The van der Waals surface area contributed by atoms with Gasteiger partial charge in [0.15, 0.2) is 11.5 Å². The van der Waals surface area contributed by atoms with Gasteiger partial charge in [-0.05, 0) is 75.7 Å². The molecule has 0 unspecified atom stereocenters. The van der Waals surface area contributed by atoms with Crippen LogP contribution in [0.1, 0.15) is 42.7 Å². The number of hydrogen-bond acceptors (Lipinski definition) is 8. The van der Waals surface area contributed by atoms with E-state index >= 15 is 0 Å². The number of aromatic nitrogens is 2. The van der Waals surface area contributed by atoms with Crippen molar-refractivity contribution in [2.75, 3.05) is 43.4 Å². The number of carbonyl (C=O) groups is 1. The number of likely N-dealkylation sites (tertiary alicyclic amines) is 1. The van der Waals surface area contributed by atoms with Crippen LogP contribution in [-0.2, 0) is 16.6 Å². The Hall–Kier alpha value is -2.69. The molecule has 190 valence electrons. The summed E-state index contributed by atoms with van der Waals surface area (Å²) in [5.74, 6) is 0.299. The quantitative estimate of drug-likeness (QED) is 0.424. The van der Waals surface area contributed by atoms with E-state index in [0.29, 0.717) is 42.8 Å². The number of ether oxygens (including phenoxy) is 1. The van der Waals surface area contributed by atoms with Crippen molar-refractivity contribution in [2.24, 2.45) is 0 Å². The molecule has 1 amide bonds. The predicted octanol–water partition coefficient (Wildman–Crippen LogP) is 3.27. The number of carbonyl (C=O) groups excluding carboxylic acids is 1. The van der Waals surface area contributed by atoms with Crippen LogP contribution in [-0.4, -0.2) is 68.0 Å². The lowest BCUT2D eigenvalue weighted by Gasteiger charge is -2.23. The summed E-state index contributed by atoms with van der Waals surface area (Å²) in [6.07, 6.45) is 2.15. The second kappa shape index (κ2) is 12.3. The lowest BCUT2D eigenvalue weighted by Crippen LogP contribution is -2.37. The molecule has 2 aromatic rings. The van der Waals surface area contributed by atoms with Gasteiger partial charge in [0, 0.05) is 30.2 Å². The molecule has 9 nitrogen and oxygen atoms in total. The first-order valence-electron chi connectivity index (χ1n) is 11.6. The monoisotopic (exact) mass is 521 g/mol. The molecule has 0 radical (unpaired) electrons. The maximum atomic E-state index is 12.4. The van der Waals surface area contributed by atoms with Gasteiger partial charge in [0.25, 0.3) is 5.91 Å². The fourth-order valence-corrected chi connectivity index (χ4v) is 4.87.